The number of nitriles is 1. The Morgan fingerprint density at radius 1 is 0.426 bits per heavy atom. The standard InChI is InChI=1S/C64H52N4/c1-6-63(7-2)58-21-12-10-16-53(58)55-38-36-49(40-60(55)63)67(47-34-28-45(66-5)29-35-47)46-32-26-44(27-33-46)51-18-14-20-57-52(51)19-15-23-62(57)68(48-30-24-43(42-65)25-31-48)50-37-39-56-54-17-11-13-22-59(54)64(8-3,9-4)61(56)41-50/h10-41H,6-9H2,1-4H3. The Labute approximate surface area is 400 Å². The van der Waals surface area contributed by atoms with E-state index in [-0.39, 0.29) is 10.8 Å². The Hall–Kier alpha value is -8.18. The van der Waals surface area contributed by atoms with Crippen LogP contribution in [0.1, 0.15) is 81.2 Å². The first kappa shape index (κ1) is 42.5. The van der Waals surface area contributed by atoms with Crippen molar-refractivity contribution in [3.05, 3.63) is 233 Å². The van der Waals surface area contributed by atoms with E-state index in [1.807, 2.05) is 24.3 Å². The molecule has 68 heavy (non-hydrogen) atoms. The number of rotatable bonds is 11. The molecule has 4 heteroatoms. The fourth-order valence-electron chi connectivity index (χ4n) is 12.0. The number of fused-ring (bicyclic) bond motifs is 7. The Bertz CT molecular complexity index is 3470. The maximum absolute atomic E-state index is 9.79. The lowest BCUT2D eigenvalue weighted by atomic mass is 9.74. The molecule has 2 aliphatic rings. The van der Waals surface area contributed by atoms with Crippen LogP contribution in [0.15, 0.2) is 194 Å². The molecule has 0 aromatic heterocycles. The number of hydrogen-bond donors (Lipinski definition) is 0. The van der Waals surface area contributed by atoms with Crippen LogP contribution in [0.3, 0.4) is 0 Å². The van der Waals surface area contributed by atoms with Gasteiger partial charge < -0.3 is 9.80 Å². The molecule has 0 spiro atoms. The van der Waals surface area contributed by atoms with Gasteiger partial charge in [0.15, 0.2) is 5.69 Å². The molecule has 0 bridgehead atoms. The zero-order valence-electron chi connectivity index (χ0n) is 39.1. The normalized spacial score (nSPS) is 13.4. The third kappa shape index (κ3) is 6.47. The summed E-state index contributed by atoms with van der Waals surface area (Å²) in [5.41, 5.74) is 20.6. The minimum atomic E-state index is -0.0743. The van der Waals surface area contributed by atoms with Crippen LogP contribution in [0, 0.1) is 17.9 Å². The first-order chi connectivity index (χ1) is 33.4. The van der Waals surface area contributed by atoms with Gasteiger partial charge in [0, 0.05) is 44.7 Å². The molecule has 0 saturated carbocycles. The first-order valence-corrected chi connectivity index (χ1v) is 24.1. The van der Waals surface area contributed by atoms with Crippen LogP contribution in [-0.2, 0) is 10.8 Å². The van der Waals surface area contributed by atoms with Gasteiger partial charge in [0.25, 0.3) is 0 Å². The molecule has 328 valence electrons. The van der Waals surface area contributed by atoms with E-state index in [4.69, 9.17) is 6.57 Å². The zero-order valence-corrected chi connectivity index (χ0v) is 39.1. The van der Waals surface area contributed by atoms with Crippen molar-refractivity contribution < 1.29 is 0 Å². The largest absolute Gasteiger partial charge is 0.311 e. The molecule has 9 aromatic carbocycles. The van der Waals surface area contributed by atoms with Crippen molar-refractivity contribution in [3.8, 4) is 39.4 Å². The molecular formula is C64H52N4. The SMILES string of the molecule is [C-]#[N+]c1ccc(N(c2ccc(-c3cccc4c(N(c5ccc(C#N)cc5)c5ccc6c(c5)C(CC)(CC)c5ccccc5-6)cccc34)cc2)c2ccc3c(c2)C(CC)(CC)c2ccccc2-3)cc1. The Balaban J connectivity index is 1.02. The smallest absolute Gasteiger partial charge is 0.187 e. The average molecular weight is 877 g/mol. The monoisotopic (exact) mass is 876 g/mol. The first-order valence-electron chi connectivity index (χ1n) is 24.1. The van der Waals surface area contributed by atoms with Crippen molar-refractivity contribution in [2.24, 2.45) is 0 Å². The van der Waals surface area contributed by atoms with E-state index in [1.165, 1.54) is 44.5 Å². The maximum atomic E-state index is 9.79. The van der Waals surface area contributed by atoms with E-state index < -0.39 is 0 Å². The molecule has 0 aliphatic heterocycles. The lowest BCUT2D eigenvalue weighted by Gasteiger charge is -2.32. The van der Waals surface area contributed by atoms with Gasteiger partial charge in [-0.1, -0.05) is 143 Å². The number of benzene rings is 9. The van der Waals surface area contributed by atoms with Crippen LogP contribution in [0.5, 0.6) is 0 Å². The van der Waals surface area contributed by atoms with Gasteiger partial charge in [-0.05, 0) is 166 Å². The van der Waals surface area contributed by atoms with E-state index in [0.717, 1.165) is 81.7 Å². The minimum absolute atomic E-state index is 0.0592. The lowest BCUT2D eigenvalue weighted by molar-refractivity contribution is 0.490. The summed E-state index contributed by atoms with van der Waals surface area (Å²) < 4.78 is 0. The summed E-state index contributed by atoms with van der Waals surface area (Å²) in [6, 6.07) is 72.3. The number of hydrogen-bond acceptors (Lipinski definition) is 3. The van der Waals surface area contributed by atoms with E-state index in [9.17, 15) is 5.26 Å². The molecule has 0 radical (unpaired) electrons. The molecule has 9 aromatic rings. The van der Waals surface area contributed by atoms with E-state index in [0.29, 0.717) is 11.3 Å². The lowest BCUT2D eigenvalue weighted by Crippen LogP contribution is -2.23. The highest BCUT2D eigenvalue weighted by Crippen LogP contribution is 2.56. The quantitative estimate of drug-likeness (QED) is 0.121. The van der Waals surface area contributed by atoms with E-state index in [1.54, 1.807) is 0 Å². The topological polar surface area (TPSA) is 34.6 Å². The third-order valence-corrected chi connectivity index (χ3v) is 15.5. The molecular weight excluding hydrogens is 825 g/mol. The number of anilines is 6. The average Bonchev–Trinajstić information content (AvgIpc) is 3.85. The highest BCUT2D eigenvalue weighted by atomic mass is 15.1. The zero-order chi connectivity index (χ0) is 46.6. The van der Waals surface area contributed by atoms with Crippen LogP contribution in [-0.4, -0.2) is 0 Å². The second-order valence-electron chi connectivity index (χ2n) is 18.3. The van der Waals surface area contributed by atoms with Gasteiger partial charge in [-0.3, -0.25) is 0 Å². The predicted molar refractivity (Wildman–Crippen MR) is 283 cm³/mol. The van der Waals surface area contributed by atoms with Crippen LogP contribution < -0.4 is 9.80 Å². The van der Waals surface area contributed by atoms with Crippen LogP contribution in [0.25, 0.3) is 49.0 Å². The van der Waals surface area contributed by atoms with Gasteiger partial charge >= 0.3 is 0 Å². The Morgan fingerprint density at radius 2 is 0.868 bits per heavy atom. The fraction of sp³-hybridized carbons (Fsp3) is 0.156. The Morgan fingerprint density at radius 3 is 1.41 bits per heavy atom. The van der Waals surface area contributed by atoms with Crippen molar-refractivity contribution in [1.82, 2.24) is 0 Å². The second kappa shape index (κ2) is 16.9. The molecule has 0 amide bonds. The third-order valence-electron chi connectivity index (χ3n) is 15.5. The maximum Gasteiger partial charge on any atom is 0.187 e. The Kier molecular flexibility index (Phi) is 10.6. The summed E-state index contributed by atoms with van der Waals surface area (Å²) in [5.74, 6) is 0. The van der Waals surface area contributed by atoms with Crippen molar-refractivity contribution in [2.45, 2.75) is 64.2 Å². The van der Waals surface area contributed by atoms with Gasteiger partial charge in [0.05, 0.1) is 23.9 Å². The highest BCUT2D eigenvalue weighted by Gasteiger charge is 2.42. The molecule has 0 unspecified atom stereocenters. The molecule has 0 heterocycles. The summed E-state index contributed by atoms with van der Waals surface area (Å²) >= 11 is 0. The molecule has 0 fully saturated rings. The fourth-order valence-corrected chi connectivity index (χ4v) is 12.0. The molecule has 0 atom stereocenters. The second-order valence-corrected chi connectivity index (χ2v) is 18.3. The van der Waals surface area contributed by atoms with Crippen LogP contribution in [0.2, 0.25) is 0 Å². The van der Waals surface area contributed by atoms with Gasteiger partial charge in [-0.2, -0.15) is 5.26 Å². The summed E-state index contributed by atoms with van der Waals surface area (Å²) in [7, 11) is 0. The summed E-state index contributed by atoms with van der Waals surface area (Å²) in [6.45, 7) is 16.9. The summed E-state index contributed by atoms with van der Waals surface area (Å²) in [4.78, 5) is 8.40. The minimum Gasteiger partial charge on any atom is -0.311 e. The van der Waals surface area contributed by atoms with E-state index >= 15 is 0 Å². The molecule has 0 saturated heterocycles. The summed E-state index contributed by atoms with van der Waals surface area (Å²) in [5, 5.41) is 12.1. The highest BCUT2D eigenvalue weighted by molar-refractivity contribution is 6.06. The van der Waals surface area contributed by atoms with Crippen molar-refractivity contribution in [1.29, 1.82) is 5.26 Å². The van der Waals surface area contributed by atoms with Crippen molar-refractivity contribution in [2.75, 3.05) is 9.80 Å². The van der Waals surface area contributed by atoms with E-state index in [2.05, 4.69) is 218 Å². The van der Waals surface area contributed by atoms with Gasteiger partial charge in [0.1, 0.15) is 0 Å². The molecule has 2 aliphatic carbocycles. The van der Waals surface area contributed by atoms with Gasteiger partial charge in [0.2, 0.25) is 0 Å². The van der Waals surface area contributed by atoms with Gasteiger partial charge in [-0.25, -0.2) is 4.85 Å². The molecule has 0 N–H and O–H groups in total. The van der Waals surface area contributed by atoms with Crippen molar-refractivity contribution >= 4 is 50.6 Å². The summed E-state index contributed by atoms with van der Waals surface area (Å²) in [6.07, 6.45) is 4.06. The molecule has 4 nitrogen and oxygen atoms in total. The van der Waals surface area contributed by atoms with Crippen LogP contribution in [0.4, 0.5) is 39.8 Å². The van der Waals surface area contributed by atoms with Crippen LogP contribution >= 0.6 is 0 Å². The van der Waals surface area contributed by atoms with Gasteiger partial charge in [-0.15, -0.1) is 0 Å². The molecule has 11 rings (SSSR count). The van der Waals surface area contributed by atoms with Crippen molar-refractivity contribution in [3.63, 3.8) is 0 Å². The number of nitrogens with zero attached hydrogens (tertiary/aromatic N) is 4. The predicted octanol–water partition coefficient (Wildman–Crippen LogP) is 18.0.